The molecule has 23 heavy (non-hydrogen) atoms. The van der Waals surface area contributed by atoms with Crippen molar-refractivity contribution in [2.24, 2.45) is 5.73 Å². The van der Waals surface area contributed by atoms with Crippen LogP contribution in [0.15, 0.2) is 12.1 Å². The minimum Gasteiger partial charge on any atom is -0.468 e. The number of esters is 1. The van der Waals surface area contributed by atoms with Gasteiger partial charge >= 0.3 is 5.97 Å². The lowest BCUT2D eigenvalue weighted by molar-refractivity contribution is -0.142. The number of aromatic nitrogens is 1. The molecule has 6 nitrogen and oxygen atoms in total. The fourth-order valence-electron chi connectivity index (χ4n) is 2.72. The maximum absolute atomic E-state index is 11.1. The zero-order chi connectivity index (χ0) is 16.5. The van der Waals surface area contributed by atoms with Crippen molar-refractivity contribution in [3.63, 3.8) is 0 Å². The minimum absolute atomic E-state index is 0.348. The summed E-state index contributed by atoms with van der Waals surface area (Å²) in [6.07, 6.45) is 6.11. The van der Waals surface area contributed by atoms with Gasteiger partial charge in [-0.1, -0.05) is 6.07 Å². The van der Waals surface area contributed by atoms with E-state index in [4.69, 9.17) is 10.7 Å². The number of ether oxygens (including phenoxy) is 1. The van der Waals surface area contributed by atoms with Crippen LogP contribution in [0.4, 0.5) is 5.82 Å². The largest absolute Gasteiger partial charge is 0.468 e. The van der Waals surface area contributed by atoms with Gasteiger partial charge in [-0.25, -0.2) is 4.98 Å². The van der Waals surface area contributed by atoms with Crippen molar-refractivity contribution in [1.82, 2.24) is 10.3 Å². The second-order valence-corrected chi connectivity index (χ2v) is 5.97. The quantitative estimate of drug-likeness (QED) is 0.469. The van der Waals surface area contributed by atoms with Gasteiger partial charge in [-0.2, -0.15) is 0 Å². The lowest BCUT2D eigenvalue weighted by Crippen LogP contribution is -2.35. The normalized spacial score (nSPS) is 14.7. The molecule has 128 valence electrons. The van der Waals surface area contributed by atoms with Gasteiger partial charge in [0.2, 0.25) is 0 Å². The number of nitrogens with one attached hydrogen (secondary N) is 2. The van der Waals surface area contributed by atoms with E-state index in [0.717, 1.165) is 56.8 Å². The van der Waals surface area contributed by atoms with Crippen LogP contribution in [0.2, 0.25) is 0 Å². The van der Waals surface area contributed by atoms with Crippen LogP contribution >= 0.6 is 0 Å². The second kappa shape index (κ2) is 9.47. The molecule has 0 spiro atoms. The molecule has 1 atom stereocenters. The Kier molecular flexibility index (Phi) is 7.29. The maximum atomic E-state index is 11.1. The maximum Gasteiger partial charge on any atom is 0.322 e. The van der Waals surface area contributed by atoms with Crippen molar-refractivity contribution in [2.75, 3.05) is 32.1 Å². The highest BCUT2D eigenvalue weighted by Crippen LogP contribution is 2.20. The predicted molar refractivity (Wildman–Crippen MR) is 91.5 cm³/mol. The Bertz CT molecular complexity index is 507. The average molecular weight is 320 g/mol. The van der Waals surface area contributed by atoms with Crippen LogP contribution in [0.25, 0.3) is 0 Å². The smallest absolute Gasteiger partial charge is 0.322 e. The molecule has 0 amide bonds. The number of aryl methyl sites for hydroxylation is 2. The Morgan fingerprint density at radius 3 is 3.13 bits per heavy atom. The van der Waals surface area contributed by atoms with Crippen molar-refractivity contribution in [1.29, 1.82) is 0 Å². The van der Waals surface area contributed by atoms with Crippen LogP contribution in [-0.4, -0.2) is 43.7 Å². The second-order valence-electron chi connectivity index (χ2n) is 5.97. The minimum atomic E-state index is -0.528. The number of anilines is 1. The van der Waals surface area contributed by atoms with E-state index in [0.29, 0.717) is 6.42 Å². The lowest BCUT2D eigenvalue weighted by Gasteiger charge is -2.17. The van der Waals surface area contributed by atoms with E-state index < -0.39 is 6.04 Å². The summed E-state index contributed by atoms with van der Waals surface area (Å²) >= 11 is 0. The summed E-state index contributed by atoms with van der Waals surface area (Å²) < 4.78 is 4.59. The topological polar surface area (TPSA) is 89.3 Å². The van der Waals surface area contributed by atoms with Gasteiger partial charge in [-0.3, -0.25) is 4.79 Å². The van der Waals surface area contributed by atoms with E-state index in [1.54, 1.807) is 0 Å². The molecule has 0 saturated heterocycles. The number of rotatable bonds is 9. The van der Waals surface area contributed by atoms with Gasteiger partial charge in [0.1, 0.15) is 11.9 Å². The van der Waals surface area contributed by atoms with Crippen molar-refractivity contribution < 1.29 is 9.53 Å². The molecule has 2 heterocycles. The summed E-state index contributed by atoms with van der Waals surface area (Å²) in [5.41, 5.74) is 8.17. The molecule has 1 aliphatic heterocycles. The zero-order valence-corrected chi connectivity index (χ0v) is 13.9. The number of hydrogen-bond acceptors (Lipinski definition) is 6. The Hall–Kier alpha value is -1.66. The third-order valence-electron chi connectivity index (χ3n) is 4.12. The number of fused-ring (bicyclic) bond motifs is 1. The van der Waals surface area contributed by atoms with Crippen molar-refractivity contribution >= 4 is 11.8 Å². The van der Waals surface area contributed by atoms with E-state index in [2.05, 4.69) is 27.5 Å². The fraction of sp³-hybridized carbons (Fsp3) is 0.647. The van der Waals surface area contributed by atoms with Gasteiger partial charge in [0.25, 0.3) is 0 Å². The molecule has 2 rings (SSSR count). The Morgan fingerprint density at radius 1 is 1.43 bits per heavy atom. The van der Waals surface area contributed by atoms with Gasteiger partial charge in [0.05, 0.1) is 7.11 Å². The van der Waals surface area contributed by atoms with Crippen LogP contribution in [0, 0.1) is 0 Å². The van der Waals surface area contributed by atoms with Gasteiger partial charge in [0.15, 0.2) is 0 Å². The van der Waals surface area contributed by atoms with Gasteiger partial charge in [-0.05, 0) is 63.2 Å². The number of carbonyl (C=O) groups excluding carboxylic acids is 1. The Labute approximate surface area is 138 Å². The molecular formula is C17H28N4O2. The molecule has 1 unspecified atom stereocenters. The first kappa shape index (κ1) is 17.7. The molecule has 0 fully saturated rings. The van der Waals surface area contributed by atoms with E-state index in [1.807, 2.05) is 0 Å². The third-order valence-corrected chi connectivity index (χ3v) is 4.12. The van der Waals surface area contributed by atoms with Gasteiger partial charge in [-0.15, -0.1) is 0 Å². The highest BCUT2D eigenvalue weighted by atomic mass is 16.5. The molecule has 0 aromatic carbocycles. The molecule has 0 bridgehead atoms. The van der Waals surface area contributed by atoms with Gasteiger partial charge < -0.3 is 21.1 Å². The molecule has 1 aromatic rings. The fourth-order valence-corrected chi connectivity index (χ4v) is 2.72. The van der Waals surface area contributed by atoms with Crippen LogP contribution in [-0.2, 0) is 22.4 Å². The van der Waals surface area contributed by atoms with Crippen molar-refractivity contribution in [3.05, 3.63) is 23.4 Å². The van der Waals surface area contributed by atoms with Crippen molar-refractivity contribution in [2.45, 2.75) is 44.6 Å². The first-order chi connectivity index (χ1) is 11.2. The Morgan fingerprint density at radius 2 is 2.30 bits per heavy atom. The molecule has 4 N–H and O–H groups in total. The summed E-state index contributed by atoms with van der Waals surface area (Å²) in [4.78, 5) is 15.8. The number of methoxy groups -OCH3 is 1. The standard InChI is InChI=1S/C17H28N4O2/c1-23-17(22)15(18)9-12-19-10-3-2-6-14-8-7-13-5-4-11-20-16(13)21-14/h7-8,15,19H,2-6,9-12,18H2,1H3,(H,20,21). The first-order valence-corrected chi connectivity index (χ1v) is 8.47. The SMILES string of the molecule is COC(=O)C(N)CCNCCCCc1ccc2c(n1)NCCC2. The highest BCUT2D eigenvalue weighted by Gasteiger charge is 2.12. The molecule has 0 aliphatic carbocycles. The van der Waals surface area contributed by atoms with E-state index >= 15 is 0 Å². The number of unbranched alkanes of at least 4 members (excludes halogenated alkanes) is 1. The lowest BCUT2D eigenvalue weighted by atomic mass is 10.1. The van der Waals surface area contributed by atoms with Crippen LogP contribution < -0.4 is 16.4 Å². The molecular weight excluding hydrogens is 292 g/mol. The molecule has 1 aliphatic rings. The van der Waals surface area contributed by atoms with E-state index in [1.165, 1.54) is 19.1 Å². The monoisotopic (exact) mass is 320 g/mol. The van der Waals surface area contributed by atoms with Crippen LogP contribution in [0.3, 0.4) is 0 Å². The van der Waals surface area contributed by atoms with Crippen LogP contribution in [0.1, 0.15) is 36.9 Å². The number of pyridine rings is 1. The molecule has 1 aromatic heterocycles. The van der Waals surface area contributed by atoms with E-state index in [-0.39, 0.29) is 5.97 Å². The summed E-state index contributed by atoms with van der Waals surface area (Å²) in [7, 11) is 1.36. The third kappa shape index (κ3) is 5.80. The molecule has 6 heteroatoms. The number of carbonyl (C=O) groups is 1. The summed E-state index contributed by atoms with van der Waals surface area (Å²) in [5, 5.41) is 6.68. The van der Waals surface area contributed by atoms with Crippen molar-refractivity contribution in [3.8, 4) is 0 Å². The van der Waals surface area contributed by atoms with Crippen LogP contribution in [0.5, 0.6) is 0 Å². The summed E-state index contributed by atoms with van der Waals surface area (Å²) in [6, 6.07) is 3.82. The molecule has 0 saturated carbocycles. The Balaban J connectivity index is 1.56. The zero-order valence-electron chi connectivity index (χ0n) is 13.9. The first-order valence-electron chi connectivity index (χ1n) is 8.47. The molecule has 0 radical (unpaired) electrons. The van der Waals surface area contributed by atoms with E-state index in [9.17, 15) is 4.79 Å². The number of nitrogens with two attached hydrogens (primary N) is 1. The predicted octanol–water partition coefficient (Wildman–Crippen LogP) is 1.24. The highest BCUT2D eigenvalue weighted by molar-refractivity contribution is 5.75. The summed E-state index contributed by atoms with van der Waals surface area (Å²) in [6.45, 7) is 2.69. The number of hydrogen-bond donors (Lipinski definition) is 3. The summed E-state index contributed by atoms with van der Waals surface area (Å²) in [5.74, 6) is 0.725. The van der Waals surface area contributed by atoms with Gasteiger partial charge in [0, 0.05) is 12.2 Å². The number of nitrogens with zero attached hydrogens (tertiary/aromatic N) is 1. The average Bonchev–Trinajstić information content (AvgIpc) is 2.59.